The molecule has 0 saturated carbocycles. The van der Waals surface area contributed by atoms with Gasteiger partial charge in [0.2, 0.25) is 5.78 Å². The number of nitrogens with one attached hydrogen (secondary N) is 1. The number of carbonyl (C=O) groups is 1. The number of carbonyl (C=O) groups excluding carboxylic acids is 1. The lowest BCUT2D eigenvalue weighted by Crippen LogP contribution is -2.29. The number of fused-ring (bicyclic) bond motifs is 3. The van der Waals surface area contributed by atoms with Gasteiger partial charge in [0.1, 0.15) is 0 Å². The molecular weight excluding hydrogens is 442 g/mol. The first-order valence-electron chi connectivity index (χ1n) is 10.9. The van der Waals surface area contributed by atoms with Crippen LogP contribution in [0.25, 0.3) is 16.7 Å². The highest BCUT2D eigenvalue weighted by Gasteiger charge is 2.20. The van der Waals surface area contributed by atoms with E-state index in [1.54, 1.807) is 36.4 Å². The molecule has 0 aliphatic rings. The number of nitrogens with zero attached hydrogens (tertiary/aromatic N) is 4. The number of amides is 1. The van der Waals surface area contributed by atoms with Crippen molar-refractivity contribution in [3.63, 3.8) is 0 Å². The largest absolute Gasteiger partial charge is 0.352 e. The Morgan fingerprint density at radius 3 is 2.52 bits per heavy atom. The third-order valence-corrected chi connectivity index (χ3v) is 5.63. The summed E-state index contributed by atoms with van der Waals surface area (Å²) in [5, 5.41) is 8.27. The molecule has 172 valence electrons. The molecule has 0 aliphatic carbocycles. The van der Waals surface area contributed by atoms with Crippen LogP contribution in [0.3, 0.4) is 0 Å². The van der Waals surface area contributed by atoms with Crippen LogP contribution in [-0.4, -0.2) is 31.2 Å². The molecule has 4 aromatic rings. The van der Waals surface area contributed by atoms with Gasteiger partial charge in [0.05, 0.1) is 17.4 Å². The van der Waals surface area contributed by atoms with Crippen LogP contribution in [0.15, 0.2) is 52.1 Å². The van der Waals surface area contributed by atoms with Gasteiger partial charge in [-0.1, -0.05) is 37.6 Å². The molecule has 0 aliphatic heterocycles. The van der Waals surface area contributed by atoms with Gasteiger partial charge in [0, 0.05) is 23.2 Å². The average molecular weight is 468 g/mol. The molecule has 0 bridgehead atoms. The SMILES string of the molecule is CC(C)CNC(=O)c1ccc2c(=O)n(C(C)C)c3nn(Cc4cccc(Cl)c4)c(=O)n3c2c1. The van der Waals surface area contributed by atoms with Gasteiger partial charge in [-0.2, -0.15) is 0 Å². The van der Waals surface area contributed by atoms with Gasteiger partial charge in [0.15, 0.2) is 0 Å². The first-order valence-corrected chi connectivity index (χ1v) is 11.3. The zero-order chi connectivity index (χ0) is 23.9. The van der Waals surface area contributed by atoms with Gasteiger partial charge in [-0.3, -0.25) is 14.2 Å². The van der Waals surface area contributed by atoms with Crippen LogP contribution < -0.4 is 16.6 Å². The first kappa shape index (κ1) is 22.8. The summed E-state index contributed by atoms with van der Waals surface area (Å²) in [6, 6.07) is 11.7. The van der Waals surface area contributed by atoms with E-state index >= 15 is 0 Å². The van der Waals surface area contributed by atoms with E-state index in [1.165, 1.54) is 13.6 Å². The predicted molar refractivity (Wildman–Crippen MR) is 129 cm³/mol. The second-order valence-electron chi connectivity index (χ2n) is 8.81. The van der Waals surface area contributed by atoms with Crippen molar-refractivity contribution < 1.29 is 4.79 Å². The summed E-state index contributed by atoms with van der Waals surface area (Å²) in [6.45, 7) is 8.46. The number of halogens is 1. The van der Waals surface area contributed by atoms with Gasteiger partial charge in [-0.05, 0) is 55.7 Å². The summed E-state index contributed by atoms with van der Waals surface area (Å²) in [6.07, 6.45) is 0. The van der Waals surface area contributed by atoms with Crippen LogP contribution in [0.5, 0.6) is 0 Å². The fraction of sp³-hybridized carbons (Fsp3) is 0.333. The lowest BCUT2D eigenvalue weighted by atomic mass is 10.1. The molecule has 2 heterocycles. The number of aromatic nitrogens is 4. The summed E-state index contributed by atoms with van der Waals surface area (Å²) < 4.78 is 4.21. The van der Waals surface area contributed by atoms with Gasteiger partial charge in [-0.15, -0.1) is 5.10 Å². The van der Waals surface area contributed by atoms with Crippen molar-refractivity contribution in [1.29, 1.82) is 0 Å². The molecule has 0 spiro atoms. The van der Waals surface area contributed by atoms with Crippen molar-refractivity contribution in [2.45, 2.75) is 40.3 Å². The maximum absolute atomic E-state index is 13.4. The van der Waals surface area contributed by atoms with Crippen molar-refractivity contribution in [2.24, 2.45) is 5.92 Å². The predicted octanol–water partition coefficient (Wildman–Crippen LogP) is 3.48. The maximum Gasteiger partial charge on any atom is 0.352 e. The van der Waals surface area contributed by atoms with Crippen molar-refractivity contribution in [1.82, 2.24) is 24.1 Å². The van der Waals surface area contributed by atoms with E-state index < -0.39 is 5.69 Å². The summed E-state index contributed by atoms with van der Waals surface area (Å²) in [5.74, 6) is 0.270. The molecular formula is C24H26ClN5O3. The minimum Gasteiger partial charge on any atom is -0.352 e. The second-order valence-corrected chi connectivity index (χ2v) is 9.25. The van der Waals surface area contributed by atoms with E-state index in [0.717, 1.165) is 5.56 Å². The van der Waals surface area contributed by atoms with Gasteiger partial charge < -0.3 is 5.32 Å². The Morgan fingerprint density at radius 1 is 1.09 bits per heavy atom. The quantitative estimate of drug-likeness (QED) is 0.470. The fourth-order valence-electron chi connectivity index (χ4n) is 3.80. The third-order valence-electron chi connectivity index (χ3n) is 5.40. The summed E-state index contributed by atoms with van der Waals surface area (Å²) >= 11 is 6.09. The van der Waals surface area contributed by atoms with Crippen LogP contribution in [0.4, 0.5) is 0 Å². The highest BCUT2D eigenvalue weighted by molar-refractivity contribution is 6.30. The zero-order valence-electron chi connectivity index (χ0n) is 19.0. The number of benzene rings is 2. The molecule has 0 fully saturated rings. The second kappa shape index (κ2) is 8.86. The van der Waals surface area contributed by atoms with Crippen molar-refractivity contribution in [3.05, 3.63) is 79.5 Å². The van der Waals surface area contributed by atoms with E-state index in [9.17, 15) is 14.4 Å². The molecule has 0 unspecified atom stereocenters. The lowest BCUT2D eigenvalue weighted by Gasteiger charge is -2.13. The molecule has 1 amide bonds. The Kier molecular flexibility index (Phi) is 6.12. The molecule has 8 nitrogen and oxygen atoms in total. The summed E-state index contributed by atoms with van der Waals surface area (Å²) in [7, 11) is 0. The summed E-state index contributed by atoms with van der Waals surface area (Å²) in [5.41, 5.74) is 0.877. The normalized spacial score (nSPS) is 11.7. The molecule has 2 aromatic carbocycles. The Hall–Kier alpha value is -3.39. The standard InChI is InChI=1S/C24H26ClN5O3/c1-14(2)12-26-21(31)17-8-9-19-20(11-17)30-23(29(15(3)4)22(19)32)27-28(24(30)33)13-16-6-5-7-18(25)10-16/h5-11,14-15H,12-13H2,1-4H3,(H,26,31). The molecule has 0 radical (unpaired) electrons. The van der Waals surface area contributed by atoms with Gasteiger partial charge >= 0.3 is 5.69 Å². The molecule has 0 saturated heterocycles. The number of rotatable bonds is 6. The molecule has 1 N–H and O–H groups in total. The first-order chi connectivity index (χ1) is 15.7. The maximum atomic E-state index is 13.4. The highest BCUT2D eigenvalue weighted by atomic mass is 35.5. The summed E-state index contributed by atoms with van der Waals surface area (Å²) in [4.78, 5) is 39.3. The number of hydrogen-bond donors (Lipinski definition) is 1. The van der Waals surface area contributed by atoms with Gasteiger partial charge in [-0.25, -0.2) is 13.9 Å². The number of hydrogen-bond acceptors (Lipinski definition) is 4. The molecule has 0 atom stereocenters. The third kappa shape index (κ3) is 4.30. The van der Waals surface area contributed by atoms with Crippen LogP contribution in [0, 0.1) is 5.92 Å². The Balaban J connectivity index is 1.95. The van der Waals surface area contributed by atoms with Gasteiger partial charge in [0.25, 0.3) is 11.5 Å². The van der Waals surface area contributed by atoms with E-state index in [4.69, 9.17) is 11.6 Å². The van der Waals surface area contributed by atoms with Crippen LogP contribution in [0.1, 0.15) is 49.7 Å². The van der Waals surface area contributed by atoms with Crippen molar-refractivity contribution in [2.75, 3.05) is 6.54 Å². The van der Waals surface area contributed by atoms with E-state index in [2.05, 4.69) is 10.4 Å². The minimum atomic E-state index is -0.399. The van der Waals surface area contributed by atoms with E-state index in [0.29, 0.717) is 34.0 Å². The van der Waals surface area contributed by atoms with E-state index in [1.807, 2.05) is 33.8 Å². The Morgan fingerprint density at radius 2 is 1.85 bits per heavy atom. The average Bonchev–Trinajstić information content (AvgIpc) is 3.07. The minimum absolute atomic E-state index is 0.198. The molecule has 33 heavy (non-hydrogen) atoms. The van der Waals surface area contributed by atoms with Crippen LogP contribution in [0.2, 0.25) is 5.02 Å². The highest BCUT2D eigenvalue weighted by Crippen LogP contribution is 2.17. The lowest BCUT2D eigenvalue weighted by molar-refractivity contribution is 0.0949. The Labute approximate surface area is 195 Å². The monoisotopic (exact) mass is 467 g/mol. The van der Waals surface area contributed by atoms with Crippen LogP contribution in [-0.2, 0) is 6.54 Å². The Bertz CT molecular complexity index is 1480. The molecule has 9 heteroatoms. The molecule has 2 aromatic heterocycles. The molecule has 4 rings (SSSR count). The fourth-order valence-corrected chi connectivity index (χ4v) is 4.01. The zero-order valence-corrected chi connectivity index (χ0v) is 19.8. The van der Waals surface area contributed by atoms with Crippen LogP contribution >= 0.6 is 11.6 Å². The van der Waals surface area contributed by atoms with E-state index in [-0.39, 0.29) is 29.8 Å². The van der Waals surface area contributed by atoms with Crippen molar-refractivity contribution >= 4 is 34.2 Å². The smallest absolute Gasteiger partial charge is 0.352 e. The topological polar surface area (TPSA) is 90.4 Å². The van der Waals surface area contributed by atoms with Crippen molar-refractivity contribution in [3.8, 4) is 0 Å².